The lowest BCUT2D eigenvalue weighted by atomic mass is 9.66. The molecule has 1 saturated carbocycles. The molecule has 4 rings (SSSR count). The van der Waals surface area contributed by atoms with Crippen LogP contribution < -0.4 is 4.89 Å². The molecule has 2 aliphatic rings. The van der Waals surface area contributed by atoms with Crippen molar-refractivity contribution in [2.45, 2.75) is 63.9 Å². The van der Waals surface area contributed by atoms with E-state index in [9.17, 15) is 14.6 Å². The van der Waals surface area contributed by atoms with Gasteiger partial charge < -0.3 is 23.5 Å². The topological polar surface area (TPSA) is 78.8 Å². The van der Waals surface area contributed by atoms with Gasteiger partial charge in [-0.3, -0.25) is 4.57 Å². The zero-order valence-electron chi connectivity index (χ0n) is 25.1. The van der Waals surface area contributed by atoms with E-state index in [1.807, 2.05) is 27.2 Å². The van der Waals surface area contributed by atoms with Gasteiger partial charge >= 0.3 is 0 Å². The number of aliphatic hydroxyl groups is 1. The van der Waals surface area contributed by atoms with Crippen LogP contribution in [-0.4, -0.2) is 56.6 Å². The summed E-state index contributed by atoms with van der Waals surface area (Å²) in [5.74, 6) is 0.157. The van der Waals surface area contributed by atoms with Gasteiger partial charge in [-0.1, -0.05) is 92.1 Å². The first-order valence-electron chi connectivity index (χ1n) is 15.1. The zero-order valence-corrected chi connectivity index (χ0v) is 26.0. The number of quaternary nitrogens is 1. The number of benzene rings is 2. The number of fused-ring (bicyclic) bond motifs is 1. The van der Waals surface area contributed by atoms with Gasteiger partial charge in [-0.05, 0) is 60.8 Å². The van der Waals surface area contributed by atoms with Crippen LogP contribution in [0.15, 0.2) is 72.8 Å². The normalized spacial score (nSPS) is 23.9. The van der Waals surface area contributed by atoms with Crippen molar-refractivity contribution in [2.24, 2.45) is 11.3 Å². The molecule has 6 nitrogen and oxygen atoms in total. The maximum Gasteiger partial charge on any atom is 0.268 e. The fourth-order valence-electron chi connectivity index (χ4n) is 6.72. The van der Waals surface area contributed by atoms with Gasteiger partial charge in [0.1, 0.15) is 13.2 Å². The van der Waals surface area contributed by atoms with Crippen LogP contribution in [0.3, 0.4) is 0 Å². The fraction of sp³-hybridized carbons (Fsp3) is 0.529. The van der Waals surface area contributed by atoms with Crippen molar-refractivity contribution >= 4 is 19.0 Å². The average molecular weight is 582 g/mol. The fourth-order valence-corrected chi connectivity index (χ4v) is 7.45. The molecule has 1 N–H and O–H groups in total. The molecule has 2 aromatic carbocycles. The Labute approximate surface area is 246 Å². The van der Waals surface area contributed by atoms with Gasteiger partial charge in [0.05, 0.1) is 33.9 Å². The molecule has 0 radical (unpaired) electrons. The molecule has 41 heavy (non-hydrogen) atoms. The molecular formula is C34H48NO5P. The van der Waals surface area contributed by atoms with Crippen molar-refractivity contribution in [3.8, 4) is 0 Å². The molecule has 0 spiro atoms. The molecule has 7 heteroatoms. The van der Waals surface area contributed by atoms with Crippen LogP contribution in [0.1, 0.15) is 68.9 Å². The van der Waals surface area contributed by atoms with Crippen molar-refractivity contribution in [1.82, 2.24) is 0 Å². The SMILES string of the molecule is C=C(c1ccccc1)[C@@]12CC[C@@H](O)[C@@H]1CC(CCCCCCCOP(=O)([O-])OCC[N+](C)(C)C)=C2c1ccccc1. The number of phosphoric acid groups is 1. The average Bonchev–Trinajstić information content (AvgIpc) is 3.44. The summed E-state index contributed by atoms with van der Waals surface area (Å²) in [6.45, 7) is 5.55. The highest BCUT2D eigenvalue weighted by atomic mass is 31.2. The molecule has 0 heterocycles. The van der Waals surface area contributed by atoms with E-state index in [1.165, 1.54) is 16.7 Å². The number of aliphatic hydroxyl groups excluding tert-OH is 1. The maximum absolute atomic E-state index is 12.0. The van der Waals surface area contributed by atoms with Gasteiger partial charge in [0.25, 0.3) is 7.82 Å². The number of nitrogens with zero attached hydrogens (tertiary/aromatic N) is 1. The lowest BCUT2D eigenvalue weighted by Gasteiger charge is -2.37. The number of rotatable bonds is 16. The number of allylic oxidation sites excluding steroid dienone is 3. The minimum atomic E-state index is -4.24. The van der Waals surface area contributed by atoms with Crippen LogP contribution in [0, 0.1) is 11.3 Å². The second kappa shape index (κ2) is 13.9. The lowest BCUT2D eigenvalue weighted by molar-refractivity contribution is -0.870. The predicted octanol–water partition coefficient (Wildman–Crippen LogP) is 6.86. The number of hydrogen-bond donors (Lipinski definition) is 1. The molecule has 0 aliphatic heterocycles. The van der Waals surface area contributed by atoms with Crippen molar-refractivity contribution in [1.29, 1.82) is 0 Å². The Bertz CT molecular complexity index is 1220. The molecule has 2 aromatic rings. The summed E-state index contributed by atoms with van der Waals surface area (Å²) in [5, 5.41) is 11.1. The Morgan fingerprint density at radius 3 is 2.27 bits per heavy atom. The molecule has 0 aromatic heterocycles. The Balaban J connectivity index is 1.34. The van der Waals surface area contributed by atoms with Crippen LogP contribution in [-0.2, 0) is 13.6 Å². The second-order valence-corrected chi connectivity index (χ2v) is 14.1. The van der Waals surface area contributed by atoms with Crippen molar-refractivity contribution in [3.63, 3.8) is 0 Å². The van der Waals surface area contributed by atoms with Gasteiger partial charge in [-0.2, -0.15) is 0 Å². The van der Waals surface area contributed by atoms with E-state index in [2.05, 4.69) is 61.2 Å². The van der Waals surface area contributed by atoms with Crippen LogP contribution in [0.2, 0.25) is 0 Å². The van der Waals surface area contributed by atoms with Gasteiger partial charge in [-0.15, -0.1) is 0 Å². The highest BCUT2D eigenvalue weighted by Gasteiger charge is 2.56. The third-order valence-electron chi connectivity index (χ3n) is 8.80. The Morgan fingerprint density at radius 1 is 0.976 bits per heavy atom. The maximum atomic E-state index is 12.0. The van der Waals surface area contributed by atoms with E-state index in [-0.39, 0.29) is 30.7 Å². The monoisotopic (exact) mass is 581 g/mol. The van der Waals surface area contributed by atoms with E-state index in [1.54, 1.807) is 0 Å². The third-order valence-corrected chi connectivity index (χ3v) is 9.80. The van der Waals surface area contributed by atoms with E-state index in [0.717, 1.165) is 62.5 Å². The molecule has 1 fully saturated rings. The third kappa shape index (κ3) is 8.07. The summed E-state index contributed by atoms with van der Waals surface area (Å²) in [6, 6.07) is 21.2. The first-order chi connectivity index (χ1) is 19.5. The summed E-state index contributed by atoms with van der Waals surface area (Å²) < 4.78 is 22.6. The molecule has 0 amide bonds. The van der Waals surface area contributed by atoms with Gasteiger partial charge in [0.15, 0.2) is 0 Å². The van der Waals surface area contributed by atoms with Crippen molar-refractivity contribution in [3.05, 3.63) is 83.9 Å². The van der Waals surface area contributed by atoms with E-state index in [4.69, 9.17) is 9.05 Å². The largest absolute Gasteiger partial charge is 0.756 e. The van der Waals surface area contributed by atoms with Crippen LogP contribution >= 0.6 is 7.82 Å². The summed E-state index contributed by atoms with van der Waals surface area (Å²) in [4.78, 5) is 12.0. The molecule has 2 aliphatic carbocycles. The molecule has 4 atom stereocenters. The summed E-state index contributed by atoms with van der Waals surface area (Å²) in [7, 11) is 1.72. The standard InChI is InChI=1S/C34H48NO5P/c1-27(28-16-11-8-12-17-28)34-22-21-32(36)31(34)26-30(33(34)29-18-13-9-14-19-29)20-10-6-5-7-15-24-39-41(37,38)40-25-23-35(2,3)4/h8-9,11-14,16-19,31-32,36H,1,5-7,10,15,20-26H2,2-4H3/t31-,32+,34-/m0/s1. The quantitative estimate of drug-likeness (QED) is 0.133. The highest BCUT2D eigenvalue weighted by Crippen LogP contribution is 2.66. The molecule has 0 saturated heterocycles. The Kier molecular flexibility index (Phi) is 10.8. The zero-order chi connectivity index (χ0) is 29.5. The summed E-state index contributed by atoms with van der Waals surface area (Å²) in [5.41, 5.74) is 6.14. The lowest BCUT2D eigenvalue weighted by Crippen LogP contribution is -2.37. The number of hydrogen-bond acceptors (Lipinski definition) is 5. The van der Waals surface area contributed by atoms with Crippen molar-refractivity contribution in [2.75, 3.05) is 40.9 Å². The van der Waals surface area contributed by atoms with Gasteiger partial charge in [0.2, 0.25) is 0 Å². The Morgan fingerprint density at radius 2 is 1.59 bits per heavy atom. The smallest absolute Gasteiger partial charge is 0.268 e. The van der Waals surface area contributed by atoms with Gasteiger partial charge in [-0.25, -0.2) is 0 Å². The van der Waals surface area contributed by atoms with Crippen LogP contribution in [0.4, 0.5) is 0 Å². The Hall–Kier alpha value is -2.05. The molecule has 0 bridgehead atoms. The van der Waals surface area contributed by atoms with Crippen LogP contribution in [0.25, 0.3) is 11.1 Å². The first kappa shape index (κ1) is 31.9. The molecular weight excluding hydrogens is 533 g/mol. The summed E-state index contributed by atoms with van der Waals surface area (Å²) in [6.07, 6.45) is 8.09. The summed E-state index contributed by atoms with van der Waals surface area (Å²) >= 11 is 0. The second-order valence-electron chi connectivity index (χ2n) is 12.7. The van der Waals surface area contributed by atoms with Crippen LogP contribution in [0.5, 0.6) is 0 Å². The minimum absolute atomic E-state index is 0.128. The number of phosphoric ester groups is 1. The number of unbranched alkanes of at least 4 members (excludes halogenated alkanes) is 4. The van der Waals surface area contributed by atoms with Crippen molar-refractivity contribution < 1.29 is 28.1 Å². The van der Waals surface area contributed by atoms with E-state index in [0.29, 0.717) is 17.4 Å². The van der Waals surface area contributed by atoms with E-state index >= 15 is 0 Å². The highest BCUT2D eigenvalue weighted by molar-refractivity contribution is 7.45. The first-order valence-corrected chi connectivity index (χ1v) is 16.6. The minimum Gasteiger partial charge on any atom is -0.756 e. The predicted molar refractivity (Wildman–Crippen MR) is 165 cm³/mol. The van der Waals surface area contributed by atoms with Gasteiger partial charge in [0, 0.05) is 11.3 Å². The van der Waals surface area contributed by atoms with E-state index < -0.39 is 7.82 Å². The number of likely N-dealkylation sites (N-methyl/N-ethyl adjacent to an activating group) is 1. The molecule has 224 valence electrons. The molecule has 1 unspecified atom stereocenters.